The van der Waals surface area contributed by atoms with Gasteiger partial charge in [0.2, 0.25) is 17.7 Å². The number of hydrogen-bond donors (Lipinski definition) is 1. The molecule has 1 saturated carbocycles. The third kappa shape index (κ3) is 3.00. The smallest absolute Gasteiger partial charge is 0.244 e. The van der Waals surface area contributed by atoms with Gasteiger partial charge in [-0.25, -0.2) is 0 Å². The summed E-state index contributed by atoms with van der Waals surface area (Å²) in [5.41, 5.74) is 1.52. The Kier molecular flexibility index (Phi) is 4.55. The summed E-state index contributed by atoms with van der Waals surface area (Å²) in [7, 11) is 1.53. The molecule has 1 aliphatic carbocycles. The summed E-state index contributed by atoms with van der Waals surface area (Å²) < 4.78 is 5.23. The summed E-state index contributed by atoms with van der Waals surface area (Å²) in [5.74, 6) is -0.701. The lowest BCUT2D eigenvalue weighted by atomic mass is 9.81. The van der Waals surface area contributed by atoms with Crippen molar-refractivity contribution < 1.29 is 19.1 Å². The van der Waals surface area contributed by atoms with Crippen molar-refractivity contribution in [2.24, 2.45) is 11.8 Å². The van der Waals surface area contributed by atoms with Gasteiger partial charge in [0.1, 0.15) is 12.3 Å². The van der Waals surface area contributed by atoms with Crippen LogP contribution in [0.1, 0.15) is 31.2 Å². The number of fused-ring (bicyclic) bond motifs is 1. The second-order valence-electron chi connectivity index (χ2n) is 6.51. The fourth-order valence-corrected chi connectivity index (χ4v) is 3.64. The Balaban J connectivity index is 1.70. The van der Waals surface area contributed by atoms with E-state index >= 15 is 0 Å². The Hall–Kier alpha value is -2.37. The fourth-order valence-electron chi connectivity index (χ4n) is 3.64. The predicted octanol–water partition coefficient (Wildman–Crippen LogP) is 2.12. The number of carbonyl (C=O) groups is 3. The van der Waals surface area contributed by atoms with Crippen molar-refractivity contribution in [1.29, 1.82) is 0 Å². The molecule has 3 rings (SSSR count). The number of rotatable bonds is 4. The van der Waals surface area contributed by atoms with Crippen molar-refractivity contribution in [3.05, 3.63) is 23.8 Å². The van der Waals surface area contributed by atoms with E-state index in [1.54, 1.807) is 12.1 Å². The van der Waals surface area contributed by atoms with E-state index in [4.69, 9.17) is 4.74 Å². The molecular formula is C18H22N2O4. The highest BCUT2D eigenvalue weighted by Crippen LogP contribution is 2.37. The molecule has 1 aromatic rings. The van der Waals surface area contributed by atoms with Crippen molar-refractivity contribution in [1.82, 2.24) is 4.90 Å². The van der Waals surface area contributed by atoms with Gasteiger partial charge in [-0.15, -0.1) is 0 Å². The Labute approximate surface area is 141 Å². The van der Waals surface area contributed by atoms with Crippen molar-refractivity contribution in [3.63, 3.8) is 0 Å². The number of methoxy groups -OCH3 is 1. The zero-order valence-corrected chi connectivity index (χ0v) is 14.0. The molecule has 2 unspecified atom stereocenters. The van der Waals surface area contributed by atoms with Crippen LogP contribution < -0.4 is 10.1 Å². The number of ether oxygens (including phenoxy) is 1. The van der Waals surface area contributed by atoms with Gasteiger partial charge in [0.05, 0.1) is 24.6 Å². The number of imide groups is 1. The first kappa shape index (κ1) is 16.5. The van der Waals surface area contributed by atoms with Gasteiger partial charge in [0, 0.05) is 0 Å². The molecule has 0 aromatic heterocycles. The van der Waals surface area contributed by atoms with Crippen LogP contribution in [0.25, 0.3) is 0 Å². The molecule has 1 saturated heterocycles. The van der Waals surface area contributed by atoms with E-state index in [9.17, 15) is 14.4 Å². The second-order valence-corrected chi connectivity index (χ2v) is 6.51. The van der Waals surface area contributed by atoms with Crippen LogP contribution in [0.3, 0.4) is 0 Å². The van der Waals surface area contributed by atoms with E-state index in [2.05, 4.69) is 5.32 Å². The molecule has 2 atom stereocenters. The minimum atomic E-state index is -0.390. The summed E-state index contributed by atoms with van der Waals surface area (Å²) in [6, 6.07) is 5.45. The first-order valence-corrected chi connectivity index (χ1v) is 8.31. The molecule has 6 heteroatoms. The van der Waals surface area contributed by atoms with Gasteiger partial charge in [-0.2, -0.15) is 0 Å². The third-order valence-corrected chi connectivity index (χ3v) is 4.86. The fraction of sp³-hybridized carbons (Fsp3) is 0.500. The molecule has 128 valence electrons. The van der Waals surface area contributed by atoms with Crippen LogP contribution in [0.4, 0.5) is 5.69 Å². The van der Waals surface area contributed by atoms with E-state index in [1.807, 2.05) is 13.0 Å². The molecule has 2 aliphatic rings. The van der Waals surface area contributed by atoms with Gasteiger partial charge in [-0.05, 0) is 37.5 Å². The largest absolute Gasteiger partial charge is 0.495 e. The Bertz CT molecular complexity index is 662. The first-order chi connectivity index (χ1) is 11.5. The Morgan fingerprint density at radius 1 is 1.21 bits per heavy atom. The lowest BCUT2D eigenvalue weighted by molar-refractivity contribution is -0.142. The lowest BCUT2D eigenvalue weighted by Gasteiger charge is -2.19. The quantitative estimate of drug-likeness (QED) is 0.858. The SMILES string of the molecule is COc1ccc(C)cc1NC(=O)CN1C(=O)C2CCCCC2C1=O. The number of anilines is 1. The van der Waals surface area contributed by atoms with Crippen molar-refractivity contribution in [2.75, 3.05) is 19.0 Å². The summed E-state index contributed by atoms with van der Waals surface area (Å²) in [4.78, 5) is 38.3. The first-order valence-electron chi connectivity index (χ1n) is 8.31. The molecule has 0 spiro atoms. The van der Waals surface area contributed by atoms with Gasteiger partial charge in [0.15, 0.2) is 0 Å². The minimum Gasteiger partial charge on any atom is -0.495 e. The van der Waals surface area contributed by atoms with Gasteiger partial charge < -0.3 is 10.1 Å². The molecule has 1 aliphatic heterocycles. The van der Waals surface area contributed by atoms with Gasteiger partial charge >= 0.3 is 0 Å². The highest BCUT2D eigenvalue weighted by atomic mass is 16.5. The summed E-state index contributed by atoms with van der Waals surface area (Å²) in [5, 5.41) is 2.74. The molecule has 0 radical (unpaired) electrons. The number of nitrogens with one attached hydrogen (secondary N) is 1. The van der Waals surface area contributed by atoms with E-state index in [-0.39, 0.29) is 36.1 Å². The molecular weight excluding hydrogens is 308 g/mol. The van der Waals surface area contributed by atoms with Crippen LogP contribution in [0.5, 0.6) is 5.75 Å². The molecule has 6 nitrogen and oxygen atoms in total. The Morgan fingerprint density at radius 2 is 1.83 bits per heavy atom. The van der Waals surface area contributed by atoms with Crippen LogP contribution in [0.15, 0.2) is 18.2 Å². The van der Waals surface area contributed by atoms with Crippen molar-refractivity contribution in [3.8, 4) is 5.75 Å². The normalized spacial score (nSPS) is 23.2. The maximum absolute atomic E-state index is 12.4. The van der Waals surface area contributed by atoms with Crippen molar-refractivity contribution in [2.45, 2.75) is 32.6 Å². The second kappa shape index (κ2) is 6.63. The topological polar surface area (TPSA) is 75.7 Å². The van der Waals surface area contributed by atoms with E-state index in [0.717, 1.165) is 36.1 Å². The molecule has 1 N–H and O–H groups in total. The predicted molar refractivity (Wildman–Crippen MR) is 88.5 cm³/mol. The molecule has 2 fully saturated rings. The van der Waals surface area contributed by atoms with E-state index in [0.29, 0.717) is 11.4 Å². The maximum atomic E-state index is 12.4. The number of benzene rings is 1. The molecule has 3 amide bonds. The van der Waals surface area contributed by atoms with Gasteiger partial charge in [-0.3, -0.25) is 19.3 Å². The van der Waals surface area contributed by atoms with Crippen LogP contribution >= 0.6 is 0 Å². The number of likely N-dealkylation sites (tertiary alicyclic amines) is 1. The van der Waals surface area contributed by atoms with Crippen LogP contribution in [0, 0.1) is 18.8 Å². The van der Waals surface area contributed by atoms with E-state index < -0.39 is 0 Å². The maximum Gasteiger partial charge on any atom is 0.244 e. The average Bonchev–Trinajstić information content (AvgIpc) is 2.80. The standard InChI is InChI=1S/C18H22N2O4/c1-11-7-8-15(24-2)14(9-11)19-16(21)10-20-17(22)12-5-3-4-6-13(12)18(20)23/h7-9,12-13H,3-6,10H2,1-2H3,(H,19,21). The molecule has 0 bridgehead atoms. The van der Waals surface area contributed by atoms with Crippen molar-refractivity contribution >= 4 is 23.4 Å². The number of aryl methyl sites for hydroxylation is 1. The highest BCUT2D eigenvalue weighted by Gasteiger charge is 2.48. The van der Waals surface area contributed by atoms with Crippen LogP contribution in [-0.4, -0.2) is 36.3 Å². The zero-order valence-electron chi connectivity index (χ0n) is 14.0. The third-order valence-electron chi connectivity index (χ3n) is 4.86. The lowest BCUT2D eigenvalue weighted by Crippen LogP contribution is -2.38. The Morgan fingerprint density at radius 3 is 2.42 bits per heavy atom. The summed E-state index contributed by atoms with van der Waals surface area (Å²) in [6.45, 7) is 1.68. The minimum absolute atomic E-state index is 0.198. The number of nitrogens with zero attached hydrogens (tertiary/aromatic N) is 1. The highest BCUT2D eigenvalue weighted by molar-refractivity contribution is 6.08. The van der Waals surface area contributed by atoms with Gasteiger partial charge in [0.25, 0.3) is 0 Å². The van der Waals surface area contributed by atoms with E-state index in [1.165, 1.54) is 7.11 Å². The zero-order chi connectivity index (χ0) is 17.3. The van der Waals surface area contributed by atoms with Gasteiger partial charge in [-0.1, -0.05) is 18.9 Å². The summed E-state index contributed by atoms with van der Waals surface area (Å²) >= 11 is 0. The summed E-state index contributed by atoms with van der Waals surface area (Å²) in [6.07, 6.45) is 3.44. The van der Waals surface area contributed by atoms with Crippen LogP contribution in [-0.2, 0) is 14.4 Å². The number of hydrogen-bond acceptors (Lipinski definition) is 4. The average molecular weight is 330 g/mol. The monoisotopic (exact) mass is 330 g/mol. The molecule has 1 heterocycles. The molecule has 1 aromatic carbocycles. The number of carbonyl (C=O) groups excluding carboxylic acids is 3. The molecule has 24 heavy (non-hydrogen) atoms. The number of amides is 3. The van der Waals surface area contributed by atoms with Crippen LogP contribution in [0.2, 0.25) is 0 Å².